The lowest BCUT2D eigenvalue weighted by Crippen LogP contribution is -2.22. The van der Waals surface area contributed by atoms with Crippen LogP contribution in [0.2, 0.25) is 0 Å². The van der Waals surface area contributed by atoms with Crippen molar-refractivity contribution in [2.45, 2.75) is 30.6 Å². The average Bonchev–Trinajstić information content (AvgIpc) is 2.90. The van der Waals surface area contributed by atoms with Gasteiger partial charge in [-0.1, -0.05) is 24.6 Å². The van der Waals surface area contributed by atoms with E-state index in [2.05, 4.69) is 20.0 Å². The highest BCUT2D eigenvalue weighted by Gasteiger charge is 2.29. The molecule has 0 saturated carbocycles. The lowest BCUT2D eigenvalue weighted by atomic mass is 10.2. The Hall–Kier alpha value is -2.74. The van der Waals surface area contributed by atoms with Gasteiger partial charge in [-0.25, -0.2) is 13.4 Å². The first kappa shape index (κ1) is 18.1. The summed E-state index contributed by atoms with van der Waals surface area (Å²) in [5, 5.41) is 2.74. The number of sulfonamides is 1. The number of aromatic nitrogens is 1. The van der Waals surface area contributed by atoms with Gasteiger partial charge in [-0.2, -0.15) is 0 Å². The van der Waals surface area contributed by atoms with Gasteiger partial charge in [0, 0.05) is 24.7 Å². The molecule has 8 heteroatoms. The molecule has 0 saturated heterocycles. The van der Waals surface area contributed by atoms with Gasteiger partial charge in [0.1, 0.15) is 11.7 Å². The number of rotatable bonds is 7. The second-order valence-electron chi connectivity index (χ2n) is 5.91. The number of carbonyl (C=O) groups is 1. The molecule has 0 aliphatic carbocycles. The second kappa shape index (κ2) is 8.09. The molecule has 0 radical (unpaired) electrons. The third-order valence-electron chi connectivity index (χ3n) is 3.93. The normalized spacial score (nSPS) is 16.1. The highest BCUT2D eigenvalue weighted by Crippen LogP contribution is 2.22. The van der Waals surface area contributed by atoms with E-state index >= 15 is 0 Å². The van der Waals surface area contributed by atoms with E-state index < -0.39 is 10.0 Å². The molecule has 0 bridgehead atoms. The summed E-state index contributed by atoms with van der Waals surface area (Å²) < 4.78 is 26.4. The zero-order valence-corrected chi connectivity index (χ0v) is 15.0. The molecule has 0 atom stereocenters. The fourth-order valence-corrected chi connectivity index (χ4v) is 3.91. The van der Waals surface area contributed by atoms with Crippen LogP contribution in [-0.2, 0) is 14.8 Å². The number of aliphatic imine (C=N–C) groups is 1. The molecule has 0 fully saturated rings. The van der Waals surface area contributed by atoms with Crippen molar-refractivity contribution in [1.82, 2.24) is 9.71 Å². The largest absolute Gasteiger partial charge is 0.311 e. The lowest BCUT2D eigenvalue weighted by molar-refractivity contribution is -0.116. The number of benzene rings is 1. The molecule has 2 aromatic rings. The predicted octanol–water partition coefficient (Wildman–Crippen LogP) is 2.32. The van der Waals surface area contributed by atoms with Crippen molar-refractivity contribution in [1.29, 1.82) is 0 Å². The van der Waals surface area contributed by atoms with E-state index in [9.17, 15) is 13.2 Å². The Kier molecular flexibility index (Phi) is 5.62. The molecule has 1 aromatic heterocycles. The summed E-state index contributed by atoms with van der Waals surface area (Å²) in [6, 6.07) is 12.1. The number of hydrogen-bond donors (Lipinski definition) is 2. The maximum absolute atomic E-state index is 12.0. The number of fused-ring (bicyclic) bond motifs is 1. The lowest BCUT2D eigenvalue weighted by Gasteiger charge is -2.03. The topological polar surface area (TPSA) is 101 Å². The van der Waals surface area contributed by atoms with Crippen molar-refractivity contribution < 1.29 is 13.2 Å². The number of unbranched alkanes of at least 4 members (excludes halogenated alkanes) is 2. The maximum Gasteiger partial charge on any atom is 0.263 e. The Morgan fingerprint density at radius 2 is 1.88 bits per heavy atom. The summed E-state index contributed by atoms with van der Waals surface area (Å²) in [6.07, 6.45) is 4.41. The van der Waals surface area contributed by atoms with Crippen molar-refractivity contribution in [3.8, 4) is 0 Å². The number of hydrogen-bond acceptors (Lipinski definition) is 5. The summed E-state index contributed by atoms with van der Waals surface area (Å²) in [4.78, 5) is 20.5. The number of amidine groups is 1. The van der Waals surface area contributed by atoms with Gasteiger partial charge in [-0.05, 0) is 37.1 Å². The highest BCUT2D eigenvalue weighted by atomic mass is 32.2. The van der Waals surface area contributed by atoms with Crippen molar-refractivity contribution in [2.75, 3.05) is 11.9 Å². The molecule has 136 valence electrons. The number of anilines is 1. The van der Waals surface area contributed by atoms with Gasteiger partial charge < -0.3 is 5.32 Å². The van der Waals surface area contributed by atoms with E-state index in [4.69, 9.17) is 0 Å². The van der Waals surface area contributed by atoms with Gasteiger partial charge in [-0.3, -0.25) is 14.5 Å². The van der Waals surface area contributed by atoms with Gasteiger partial charge in [0.25, 0.3) is 10.0 Å². The highest BCUT2D eigenvalue weighted by molar-refractivity contribution is 7.90. The molecule has 26 heavy (non-hydrogen) atoms. The predicted molar refractivity (Wildman–Crippen MR) is 99.5 cm³/mol. The van der Waals surface area contributed by atoms with Crippen LogP contribution in [0.5, 0.6) is 0 Å². The zero-order valence-electron chi connectivity index (χ0n) is 14.2. The smallest absolute Gasteiger partial charge is 0.263 e. The van der Waals surface area contributed by atoms with Crippen LogP contribution < -0.4 is 10.0 Å². The molecule has 3 rings (SSSR count). The van der Waals surface area contributed by atoms with Crippen LogP contribution >= 0.6 is 0 Å². The Bertz CT molecular complexity index is 911. The quantitative estimate of drug-likeness (QED) is 0.728. The first-order chi connectivity index (χ1) is 12.6. The number of nitrogens with one attached hydrogen (secondary N) is 2. The fraction of sp³-hybridized carbons (Fsp3) is 0.278. The van der Waals surface area contributed by atoms with E-state index in [-0.39, 0.29) is 10.8 Å². The summed E-state index contributed by atoms with van der Waals surface area (Å²) >= 11 is 0. The molecule has 1 amide bonds. The van der Waals surface area contributed by atoms with Crippen molar-refractivity contribution in [2.24, 2.45) is 4.99 Å². The van der Waals surface area contributed by atoms with Crippen LogP contribution in [-0.4, -0.2) is 31.7 Å². The van der Waals surface area contributed by atoms with Crippen LogP contribution in [0.25, 0.3) is 0 Å². The Morgan fingerprint density at radius 3 is 2.69 bits per heavy atom. The molecule has 1 aliphatic heterocycles. The van der Waals surface area contributed by atoms with E-state index in [1.165, 1.54) is 0 Å². The molecule has 1 aromatic carbocycles. The van der Waals surface area contributed by atoms with Crippen LogP contribution in [0.15, 0.2) is 58.5 Å². The van der Waals surface area contributed by atoms with Crippen LogP contribution in [0.3, 0.4) is 0 Å². The number of nitrogens with zero attached hydrogens (tertiary/aromatic N) is 2. The van der Waals surface area contributed by atoms with Gasteiger partial charge in [0.15, 0.2) is 0 Å². The van der Waals surface area contributed by atoms with E-state index in [1.807, 2.05) is 6.07 Å². The average molecular weight is 372 g/mol. The maximum atomic E-state index is 12.0. The zero-order chi connectivity index (χ0) is 18.4. The summed E-state index contributed by atoms with van der Waals surface area (Å²) in [7, 11) is -3.48. The van der Waals surface area contributed by atoms with Gasteiger partial charge in [0.05, 0.1) is 4.90 Å². The second-order valence-corrected chi connectivity index (χ2v) is 7.56. The van der Waals surface area contributed by atoms with E-state index in [0.29, 0.717) is 30.2 Å². The Labute approximate surface area is 152 Å². The van der Waals surface area contributed by atoms with Gasteiger partial charge >= 0.3 is 0 Å². The van der Waals surface area contributed by atoms with E-state index in [1.54, 1.807) is 42.6 Å². The molecule has 2 heterocycles. The third kappa shape index (κ3) is 4.45. The van der Waals surface area contributed by atoms with Crippen LogP contribution in [0.4, 0.5) is 5.82 Å². The summed E-state index contributed by atoms with van der Waals surface area (Å²) in [5.41, 5.74) is 0.613. The summed E-state index contributed by atoms with van der Waals surface area (Å²) in [6.45, 7) is 0.508. The molecule has 2 N–H and O–H groups in total. The number of pyridine rings is 1. The first-order valence-corrected chi connectivity index (χ1v) is 9.92. The molecular weight excluding hydrogens is 352 g/mol. The van der Waals surface area contributed by atoms with Crippen molar-refractivity contribution in [3.05, 3.63) is 54.2 Å². The first-order valence-electron chi connectivity index (χ1n) is 8.44. The van der Waals surface area contributed by atoms with E-state index in [0.717, 1.165) is 19.3 Å². The van der Waals surface area contributed by atoms with Crippen LogP contribution in [0, 0.1) is 0 Å². The minimum atomic E-state index is -3.48. The molecule has 0 unspecified atom stereocenters. The third-order valence-corrected chi connectivity index (χ3v) is 5.32. The van der Waals surface area contributed by atoms with Crippen LogP contribution in [0.1, 0.15) is 31.2 Å². The Balaban J connectivity index is 1.41. The molecule has 0 spiro atoms. The van der Waals surface area contributed by atoms with Crippen molar-refractivity contribution >= 4 is 27.6 Å². The molecule has 1 aliphatic rings. The Morgan fingerprint density at radius 1 is 1.08 bits per heavy atom. The molecule has 7 nitrogen and oxygen atoms in total. The minimum Gasteiger partial charge on any atom is -0.311 e. The number of carbonyl (C=O) groups excluding carboxylic acids is 1. The summed E-state index contributed by atoms with van der Waals surface area (Å²) in [5.74, 6) is 0.886. The monoisotopic (exact) mass is 372 g/mol. The SMILES string of the molecule is O=C(CCCCCN=C1NS(=O)(=O)c2ccccc21)Nc1ccccn1. The molecular formula is C18H20N4O3S. The standard InChI is InChI=1S/C18H20N4O3S/c23-17(21-16-10-5-7-12-19-16)11-2-1-6-13-20-18-14-8-3-4-9-15(14)26(24,25)22-18/h3-5,7-10,12H,1-2,6,11,13H2,(H,20,22)(H,19,21,23). The fourth-order valence-electron chi connectivity index (χ4n) is 2.66. The number of amides is 1. The minimum absolute atomic E-state index is 0.0625. The van der Waals surface area contributed by atoms with Crippen molar-refractivity contribution in [3.63, 3.8) is 0 Å². The van der Waals surface area contributed by atoms with Gasteiger partial charge in [0.2, 0.25) is 5.91 Å². The van der Waals surface area contributed by atoms with Gasteiger partial charge in [-0.15, -0.1) is 0 Å².